The van der Waals surface area contributed by atoms with Crippen LogP contribution in [-0.2, 0) is 4.74 Å². The van der Waals surface area contributed by atoms with Crippen molar-refractivity contribution >= 4 is 29.7 Å². The predicted octanol–water partition coefficient (Wildman–Crippen LogP) is -1.82. The number of esters is 1. The second kappa shape index (κ2) is 7.75. The van der Waals surface area contributed by atoms with Gasteiger partial charge in [0.15, 0.2) is 23.7 Å². The quantitative estimate of drug-likeness (QED) is 0.179. The van der Waals surface area contributed by atoms with Crippen molar-refractivity contribution in [1.82, 2.24) is 15.1 Å². The Morgan fingerprint density at radius 2 is 1.65 bits per heavy atom. The van der Waals surface area contributed by atoms with Crippen molar-refractivity contribution in [2.45, 2.75) is 29.6 Å². The smallest absolute Gasteiger partial charge is 0.338 e. The van der Waals surface area contributed by atoms with Gasteiger partial charge >= 0.3 is 5.97 Å². The van der Waals surface area contributed by atoms with Gasteiger partial charge in [-0.2, -0.15) is 0 Å². The van der Waals surface area contributed by atoms with Crippen molar-refractivity contribution < 1.29 is 29.3 Å². The second-order valence-electron chi connectivity index (χ2n) is 9.27. The third kappa shape index (κ3) is 3.07. The molecule has 0 aliphatic carbocycles. The lowest BCUT2D eigenvalue weighted by Crippen LogP contribution is -2.77. The van der Waals surface area contributed by atoms with E-state index in [1.165, 1.54) is 17.0 Å². The third-order valence-corrected chi connectivity index (χ3v) is 7.25. The molecule has 0 saturated carbocycles. The number of nitrogens with zero attached hydrogens (tertiary/aromatic N) is 4. The fourth-order valence-corrected chi connectivity index (χ4v) is 5.54. The summed E-state index contributed by atoms with van der Waals surface area (Å²) in [5.41, 5.74) is 11.1. The Morgan fingerprint density at radius 3 is 2.30 bits per heavy atom. The van der Waals surface area contributed by atoms with Crippen molar-refractivity contribution in [1.29, 1.82) is 0 Å². The molecule has 1 unspecified atom stereocenters. The van der Waals surface area contributed by atoms with Gasteiger partial charge in [0.05, 0.1) is 35.8 Å². The number of amides is 2. The predicted molar refractivity (Wildman–Crippen MR) is 128 cm³/mol. The molecule has 6 rings (SSSR count). The number of hydrogen-bond donors (Lipinski definition) is 5. The summed E-state index contributed by atoms with van der Waals surface area (Å²) >= 11 is 0. The highest BCUT2D eigenvalue weighted by atomic mass is 16.6. The average Bonchev–Trinajstić information content (AvgIpc) is 3.44. The highest BCUT2D eigenvalue weighted by Gasteiger charge is 2.74. The zero-order chi connectivity index (χ0) is 26.1. The number of hydrogen-bond acceptors (Lipinski definition) is 12. The lowest BCUT2D eigenvalue weighted by atomic mass is 9.85. The molecule has 0 radical (unpaired) electrons. The van der Waals surface area contributed by atoms with Crippen molar-refractivity contribution in [3.8, 4) is 0 Å². The Morgan fingerprint density at radius 1 is 1.03 bits per heavy atom. The number of nitrogens with two attached hydrogens (primary N) is 2. The Labute approximate surface area is 210 Å². The molecule has 2 aromatic carbocycles. The molecule has 13 heteroatoms. The fraction of sp³-hybridized carbons (Fsp3) is 0.292. The highest BCUT2D eigenvalue weighted by molar-refractivity contribution is 6.21. The average molecular weight is 505 g/mol. The minimum Gasteiger partial charge on any atom is -0.451 e. The van der Waals surface area contributed by atoms with Crippen molar-refractivity contribution in [2.24, 2.45) is 21.5 Å². The van der Waals surface area contributed by atoms with Crippen LogP contribution in [0, 0.1) is 0 Å². The van der Waals surface area contributed by atoms with Gasteiger partial charge < -0.3 is 36.6 Å². The molecule has 7 N–H and O–H groups in total. The summed E-state index contributed by atoms with van der Waals surface area (Å²) in [6.45, 7) is -0.469. The number of guanidine groups is 2. The minimum atomic E-state index is -2.74. The van der Waals surface area contributed by atoms with Gasteiger partial charge in [0.1, 0.15) is 6.04 Å². The van der Waals surface area contributed by atoms with Crippen LogP contribution in [0.15, 0.2) is 64.6 Å². The van der Waals surface area contributed by atoms with E-state index in [9.17, 15) is 24.6 Å². The molecule has 13 nitrogen and oxygen atoms in total. The van der Waals surface area contributed by atoms with Crippen molar-refractivity contribution in [3.05, 3.63) is 71.3 Å². The van der Waals surface area contributed by atoms with Crippen LogP contribution in [0.3, 0.4) is 0 Å². The maximum atomic E-state index is 13.0. The van der Waals surface area contributed by atoms with Crippen molar-refractivity contribution in [3.63, 3.8) is 0 Å². The van der Waals surface area contributed by atoms with Gasteiger partial charge in [0.2, 0.25) is 5.79 Å². The highest BCUT2D eigenvalue weighted by Crippen LogP contribution is 2.46. The number of aliphatic imine (C=N–C) groups is 2. The van der Waals surface area contributed by atoms with Crippen LogP contribution in [0.1, 0.15) is 31.1 Å². The Bertz CT molecular complexity index is 1360. The van der Waals surface area contributed by atoms with E-state index in [4.69, 9.17) is 16.2 Å². The lowest BCUT2D eigenvalue weighted by Gasteiger charge is -2.48. The molecule has 4 atom stereocenters. The molecule has 4 aliphatic heterocycles. The number of aliphatic hydroxyl groups is 2. The third-order valence-electron chi connectivity index (χ3n) is 7.25. The number of nitrogens with one attached hydrogen (secondary N) is 1. The molecule has 1 saturated heterocycles. The molecule has 190 valence electrons. The molecule has 4 aliphatic rings. The zero-order valence-electron chi connectivity index (χ0n) is 19.3. The van der Waals surface area contributed by atoms with Crippen LogP contribution in [0.4, 0.5) is 0 Å². The maximum Gasteiger partial charge on any atom is 0.338 e. The first-order valence-electron chi connectivity index (χ1n) is 11.5. The Hall–Kier alpha value is -4.49. The number of rotatable bonds is 4. The van der Waals surface area contributed by atoms with Crippen LogP contribution in [-0.4, -0.2) is 92.4 Å². The summed E-state index contributed by atoms with van der Waals surface area (Å²) in [7, 11) is 0. The standard InChI is InChI=1S/C24H23N7O6/c25-21-28-17-15(10-30-18(32)13-8-4-5-9-14(13)19(30)33)27-22(26)31-11-16(24(35,36)23(17,31)29-21)37-20(34)12-6-2-1-3-7-12/h1-9,15-17,35-36H,10-11H2,(H2,26,27)(H3,25,28,29)/t15-,16-,17?,23+/m0/s1. The van der Waals surface area contributed by atoms with Gasteiger partial charge in [-0.25, -0.2) is 14.8 Å². The number of fused-ring (bicyclic) bond motifs is 1. The maximum absolute atomic E-state index is 13.0. The minimum absolute atomic E-state index is 0.124. The molecule has 1 fully saturated rings. The first-order chi connectivity index (χ1) is 17.6. The van der Waals surface area contributed by atoms with Gasteiger partial charge in [-0.1, -0.05) is 30.3 Å². The van der Waals surface area contributed by atoms with E-state index in [1.54, 1.807) is 42.5 Å². The number of carbonyl (C=O) groups excluding carboxylic acids is 3. The topological polar surface area (TPSA) is 196 Å². The Balaban J connectivity index is 1.33. The number of imide groups is 1. The molecule has 37 heavy (non-hydrogen) atoms. The SMILES string of the molecule is NC1=NC2[C@H](CN3C(=O)c4ccccc4C3=O)N=C(N)N3C[C@H](OC(=O)c4ccccc4)C(O)(O)[C@@]23N1. The van der Waals surface area contributed by atoms with Gasteiger partial charge in [-0.15, -0.1) is 0 Å². The molecular formula is C24H23N7O6. The molecule has 1 spiro atoms. The van der Waals surface area contributed by atoms with Crippen LogP contribution < -0.4 is 16.8 Å². The van der Waals surface area contributed by atoms with E-state index in [0.29, 0.717) is 0 Å². The Kier molecular flexibility index (Phi) is 4.81. The van der Waals surface area contributed by atoms with Crippen LogP contribution in [0.2, 0.25) is 0 Å². The largest absolute Gasteiger partial charge is 0.451 e. The van der Waals surface area contributed by atoms with E-state index < -0.39 is 47.4 Å². The van der Waals surface area contributed by atoms with Gasteiger partial charge in [0, 0.05) is 0 Å². The van der Waals surface area contributed by atoms with Gasteiger partial charge in [-0.3, -0.25) is 14.5 Å². The molecule has 0 bridgehead atoms. The van der Waals surface area contributed by atoms with Crippen LogP contribution in [0.5, 0.6) is 0 Å². The van der Waals surface area contributed by atoms with E-state index >= 15 is 0 Å². The van der Waals surface area contributed by atoms with Gasteiger partial charge in [0.25, 0.3) is 11.8 Å². The van der Waals surface area contributed by atoms with Crippen LogP contribution in [0.25, 0.3) is 0 Å². The zero-order valence-corrected chi connectivity index (χ0v) is 19.3. The summed E-state index contributed by atoms with van der Waals surface area (Å²) in [5.74, 6) is -4.78. The molecular weight excluding hydrogens is 482 g/mol. The summed E-state index contributed by atoms with van der Waals surface area (Å²) < 4.78 is 5.49. The van der Waals surface area contributed by atoms with E-state index in [-0.39, 0.29) is 41.7 Å². The van der Waals surface area contributed by atoms with Gasteiger partial charge in [-0.05, 0) is 24.3 Å². The summed E-state index contributed by atoms with van der Waals surface area (Å²) in [6, 6.07) is 12.4. The molecule has 0 aromatic heterocycles. The van der Waals surface area contributed by atoms with Crippen molar-refractivity contribution in [2.75, 3.05) is 13.1 Å². The number of ether oxygens (including phenoxy) is 1. The first-order valence-corrected chi connectivity index (χ1v) is 11.5. The van der Waals surface area contributed by atoms with E-state index in [1.807, 2.05) is 0 Å². The number of benzene rings is 2. The lowest BCUT2D eigenvalue weighted by molar-refractivity contribution is -0.256. The second-order valence-corrected chi connectivity index (χ2v) is 9.27. The summed E-state index contributed by atoms with van der Waals surface area (Å²) in [4.78, 5) is 49.8. The molecule has 2 amide bonds. The molecule has 2 aromatic rings. The van der Waals surface area contributed by atoms with Crippen LogP contribution >= 0.6 is 0 Å². The first kappa shape index (κ1) is 22.9. The van der Waals surface area contributed by atoms with E-state index in [2.05, 4.69) is 15.3 Å². The summed E-state index contributed by atoms with van der Waals surface area (Å²) in [6.07, 6.45) is -1.47. The fourth-order valence-electron chi connectivity index (χ4n) is 5.54. The monoisotopic (exact) mass is 505 g/mol. The van der Waals surface area contributed by atoms with E-state index in [0.717, 1.165) is 4.90 Å². The normalized spacial score (nSPS) is 29.2. The molecule has 4 heterocycles. The number of carbonyl (C=O) groups is 3. The summed E-state index contributed by atoms with van der Waals surface area (Å²) in [5, 5.41) is 25.7.